The van der Waals surface area contributed by atoms with Gasteiger partial charge in [0.15, 0.2) is 0 Å². The summed E-state index contributed by atoms with van der Waals surface area (Å²) in [6.07, 6.45) is 0.642. The van der Waals surface area contributed by atoms with Crippen molar-refractivity contribution in [3.8, 4) is 0 Å². The Labute approximate surface area is 104 Å². The molecule has 0 fully saturated rings. The Morgan fingerprint density at radius 2 is 2.06 bits per heavy atom. The molecule has 1 unspecified atom stereocenters. The Morgan fingerprint density at radius 3 is 2.56 bits per heavy atom. The van der Waals surface area contributed by atoms with Crippen LogP contribution in [0.4, 0.5) is 0 Å². The first-order chi connectivity index (χ1) is 7.63. The molecule has 2 N–H and O–H groups in total. The van der Waals surface area contributed by atoms with Crippen molar-refractivity contribution in [2.45, 2.75) is 24.2 Å². The Balaban J connectivity index is 2.53. The van der Waals surface area contributed by atoms with Gasteiger partial charge in [-0.3, -0.25) is 4.79 Å². The average molecular weight is 286 g/mol. The van der Waals surface area contributed by atoms with Crippen LogP contribution < -0.4 is 5.32 Å². The molecule has 0 aliphatic rings. The number of amides is 1. The largest absolute Gasteiger partial charge is 0.394 e. The summed E-state index contributed by atoms with van der Waals surface area (Å²) < 4.78 is 0. The average Bonchev–Trinajstić information content (AvgIpc) is 2.29. The molecule has 4 heteroatoms. The van der Waals surface area contributed by atoms with Gasteiger partial charge in [-0.2, -0.15) is 0 Å². The van der Waals surface area contributed by atoms with Gasteiger partial charge >= 0.3 is 0 Å². The first-order valence-electron chi connectivity index (χ1n) is 5.22. The van der Waals surface area contributed by atoms with Gasteiger partial charge in [0, 0.05) is 0 Å². The molecule has 0 bridgehead atoms. The molecule has 1 aromatic rings. The standard InChI is InChI=1S/C12H16BrNO2/c1-9(13)12(16)14-11(8-15)7-10-5-3-2-4-6-10/h2-6,9,11,15H,7-8H2,1H3,(H,14,16)/t9?,11-/m1/s1. The van der Waals surface area contributed by atoms with Gasteiger partial charge in [0.1, 0.15) is 0 Å². The molecule has 0 aromatic heterocycles. The third-order valence-electron chi connectivity index (χ3n) is 2.25. The number of rotatable bonds is 5. The summed E-state index contributed by atoms with van der Waals surface area (Å²) in [5.74, 6) is -0.102. The van der Waals surface area contributed by atoms with E-state index in [1.54, 1.807) is 6.92 Å². The molecule has 0 saturated carbocycles. The van der Waals surface area contributed by atoms with E-state index >= 15 is 0 Å². The summed E-state index contributed by atoms with van der Waals surface area (Å²) in [5, 5.41) is 12.0. The van der Waals surface area contributed by atoms with Crippen molar-refractivity contribution in [1.82, 2.24) is 5.32 Å². The molecule has 0 aliphatic heterocycles. The molecular formula is C12H16BrNO2. The summed E-state index contributed by atoms with van der Waals surface area (Å²) in [6, 6.07) is 9.56. The lowest BCUT2D eigenvalue weighted by atomic mass is 10.1. The molecule has 1 amide bonds. The van der Waals surface area contributed by atoms with Gasteiger partial charge in [0.05, 0.1) is 17.5 Å². The van der Waals surface area contributed by atoms with Crippen LogP contribution in [-0.4, -0.2) is 28.5 Å². The number of nitrogens with one attached hydrogen (secondary N) is 1. The topological polar surface area (TPSA) is 49.3 Å². The SMILES string of the molecule is CC(Br)C(=O)N[C@@H](CO)Cc1ccccc1. The number of carbonyl (C=O) groups is 1. The molecule has 1 rings (SSSR count). The number of carbonyl (C=O) groups excluding carboxylic acids is 1. The highest BCUT2D eigenvalue weighted by atomic mass is 79.9. The Kier molecular flexibility index (Phi) is 5.49. The van der Waals surface area contributed by atoms with Crippen molar-refractivity contribution in [3.05, 3.63) is 35.9 Å². The van der Waals surface area contributed by atoms with Gasteiger partial charge < -0.3 is 10.4 Å². The Bertz CT molecular complexity index is 327. The lowest BCUT2D eigenvalue weighted by Crippen LogP contribution is -2.42. The van der Waals surface area contributed by atoms with Crippen molar-refractivity contribution < 1.29 is 9.90 Å². The van der Waals surface area contributed by atoms with Crippen LogP contribution in [0.5, 0.6) is 0 Å². The second-order valence-corrected chi connectivity index (χ2v) is 5.07. The fraction of sp³-hybridized carbons (Fsp3) is 0.417. The summed E-state index contributed by atoms with van der Waals surface area (Å²) >= 11 is 3.19. The van der Waals surface area contributed by atoms with E-state index in [9.17, 15) is 9.90 Å². The van der Waals surface area contributed by atoms with E-state index < -0.39 is 0 Å². The van der Waals surface area contributed by atoms with E-state index in [4.69, 9.17) is 0 Å². The lowest BCUT2D eigenvalue weighted by Gasteiger charge is -2.17. The van der Waals surface area contributed by atoms with Crippen LogP contribution in [0, 0.1) is 0 Å². The molecule has 3 nitrogen and oxygen atoms in total. The van der Waals surface area contributed by atoms with Crippen molar-refractivity contribution in [3.63, 3.8) is 0 Å². The third kappa shape index (κ3) is 4.33. The lowest BCUT2D eigenvalue weighted by molar-refractivity contribution is -0.121. The van der Waals surface area contributed by atoms with E-state index in [0.717, 1.165) is 5.56 Å². The number of benzene rings is 1. The van der Waals surface area contributed by atoms with Crippen LogP contribution >= 0.6 is 15.9 Å². The number of hydrogen-bond acceptors (Lipinski definition) is 2. The minimum Gasteiger partial charge on any atom is -0.394 e. The number of alkyl halides is 1. The highest BCUT2D eigenvalue weighted by Crippen LogP contribution is 2.04. The fourth-order valence-electron chi connectivity index (χ4n) is 1.38. The molecule has 0 aliphatic carbocycles. The summed E-state index contributed by atoms with van der Waals surface area (Å²) in [7, 11) is 0. The minimum atomic E-state index is -0.239. The highest BCUT2D eigenvalue weighted by Gasteiger charge is 2.15. The fourth-order valence-corrected chi connectivity index (χ4v) is 1.51. The molecule has 0 radical (unpaired) electrons. The number of aliphatic hydroxyl groups excluding tert-OH is 1. The summed E-state index contributed by atoms with van der Waals surface area (Å²) in [5.41, 5.74) is 1.10. The predicted molar refractivity (Wildman–Crippen MR) is 67.6 cm³/mol. The van der Waals surface area contributed by atoms with E-state index in [-0.39, 0.29) is 23.4 Å². The van der Waals surface area contributed by atoms with E-state index in [1.807, 2.05) is 30.3 Å². The Hall–Kier alpha value is -0.870. The maximum absolute atomic E-state index is 11.4. The van der Waals surface area contributed by atoms with Crippen molar-refractivity contribution in [2.24, 2.45) is 0 Å². The van der Waals surface area contributed by atoms with Crippen LogP contribution in [-0.2, 0) is 11.2 Å². The second kappa shape index (κ2) is 6.66. The smallest absolute Gasteiger partial charge is 0.233 e. The van der Waals surface area contributed by atoms with E-state index in [1.165, 1.54) is 0 Å². The zero-order valence-corrected chi connectivity index (χ0v) is 10.8. The Morgan fingerprint density at radius 1 is 1.44 bits per heavy atom. The van der Waals surface area contributed by atoms with Crippen molar-refractivity contribution >= 4 is 21.8 Å². The van der Waals surface area contributed by atoms with Gasteiger partial charge in [-0.1, -0.05) is 46.3 Å². The molecule has 0 heterocycles. The molecular weight excluding hydrogens is 270 g/mol. The maximum Gasteiger partial charge on any atom is 0.233 e. The zero-order chi connectivity index (χ0) is 12.0. The van der Waals surface area contributed by atoms with Crippen LogP contribution in [0.2, 0.25) is 0 Å². The quantitative estimate of drug-likeness (QED) is 0.806. The molecule has 88 valence electrons. The van der Waals surface area contributed by atoms with Gasteiger partial charge in [0.2, 0.25) is 5.91 Å². The van der Waals surface area contributed by atoms with E-state index in [2.05, 4.69) is 21.2 Å². The maximum atomic E-state index is 11.4. The van der Waals surface area contributed by atoms with Gasteiger partial charge in [-0.25, -0.2) is 0 Å². The van der Waals surface area contributed by atoms with Gasteiger partial charge in [-0.15, -0.1) is 0 Å². The first-order valence-corrected chi connectivity index (χ1v) is 6.14. The minimum absolute atomic E-state index is 0.0552. The normalized spacial score (nSPS) is 14.2. The second-order valence-electron chi connectivity index (χ2n) is 3.69. The predicted octanol–water partition coefficient (Wildman–Crippen LogP) is 1.49. The number of halogens is 1. The summed E-state index contributed by atoms with van der Waals surface area (Å²) in [6.45, 7) is 1.70. The summed E-state index contributed by atoms with van der Waals surface area (Å²) in [4.78, 5) is 11.2. The van der Waals surface area contributed by atoms with E-state index in [0.29, 0.717) is 6.42 Å². The van der Waals surface area contributed by atoms with Gasteiger partial charge in [-0.05, 0) is 18.9 Å². The van der Waals surface area contributed by atoms with Crippen LogP contribution in [0.15, 0.2) is 30.3 Å². The molecule has 1 aromatic carbocycles. The first kappa shape index (κ1) is 13.2. The third-order valence-corrected chi connectivity index (χ3v) is 2.67. The van der Waals surface area contributed by atoms with Crippen molar-refractivity contribution in [2.75, 3.05) is 6.61 Å². The number of hydrogen-bond donors (Lipinski definition) is 2. The number of aliphatic hydroxyl groups is 1. The van der Waals surface area contributed by atoms with Crippen molar-refractivity contribution in [1.29, 1.82) is 0 Å². The molecule has 16 heavy (non-hydrogen) atoms. The molecule has 2 atom stereocenters. The van der Waals surface area contributed by atoms with Gasteiger partial charge in [0.25, 0.3) is 0 Å². The zero-order valence-electron chi connectivity index (χ0n) is 9.19. The monoisotopic (exact) mass is 285 g/mol. The highest BCUT2D eigenvalue weighted by molar-refractivity contribution is 9.10. The van der Waals surface area contributed by atoms with Crippen LogP contribution in [0.3, 0.4) is 0 Å². The molecule has 0 spiro atoms. The van der Waals surface area contributed by atoms with Crippen LogP contribution in [0.1, 0.15) is 12.5 Å². The molecule has 0 saturated heterocycles. The van der Waals surface area contributed by atoms with Crippen LogP contribution in [0.25, 0.3) is 0 Å².